The molecule has 3 N–H and O–H groups in total. The van der Waals surface area contributed by atoms with Crippen molar-refractivity contribution in [2.45, 2.75) is 6.10 Å². The van der Waals surface area contributed by atoms with Crippen molar-refractivity contribution in [1.82, 2.24) is 9.97 Å². The van der Waals surface area contributed by atoms with Gasteiger partial charge in [0, 0.05) is 33.9 Å². The van der Waals surface area contributed by atoms with Crippen LogP contribution in [0.1, 0.15) is 11.7 Å². The Labute approximate surface area is 124 Å². The van der Waals surface area contributed by atoms with E-state index in [-0.39, 0.29) is 11.0 Å². The second-order valence-corrected chi connectivity index (χ2v) is 5.06. The summed E-state index contributed by atoms with van der Waals surface area (Å²) in [5, 5.41) is 19.7. The van der Waals surface area contributed by atoms with Gasteiger partial charge in [-0.05, 0) is 24.3 Å². The Morgan fingerprint density at radius 1 is 1.33 bits per heavy atom. The van der Waals surface area contributed by atoms with Gasteiger partial charge in [-0.3, -0.25) is 0 Å². The van der Waals surface area contributed by atoms with Gasteiger partial charge in [0.15, 0.2) is 0 Å². The second-order valence-electron chi connectivity index (χ2n) is 4.68. The molecule has 2 heterocycles. The van der Waals surface area contributed by atoms with E-state index in [1.54, 1.807) is 24.3 Å². The molecule has 4 nitrogen and oxygen atoms in total. The lowest BCUT2D eigenvalue weighted by atomic mass is 10.0. The van der Waals surface area contributed by atoms with Gasteiger partial charge < -0.3 is 15.2 Å². The zero-order chi connectivity index (χ0) is 15.0. The molecule has 0 aliphatic rings. The minimum Gasteiger partial charge on any atom is -0.393 e. The van der Waals surface area contributed by atoms with E-state index in [4.69, 9.17) is 16.7 Å². The number of nitrogens with zero attached hydrogens (tertiary/aromatic N) is 1. The highest BCUT2D eigenvalue weighted by Crippen LogP contribution is 2.32. The fraction of sp³-hybridized carbons (Fsp3) is 0.133. The van der Waals surface area contributed by atoms with Gasteiger partial charge in [0.25, 0.3) is 0 Å². The number of rotatable bonds is 3. The molecule has 0 spiro atoms. The Kier molecular flexibility index (Phi) is 3.63. The van der Waals surface area contributed by atoms with Crippen molar-refractivity contribution in [2.24, 2.45) is 0 Å². The molecule has 2 aromatic heterocycles. The minimum absolute atomic E-state index is 0.248. The summed E-state index contributed by atoms with van der Waals surface area (Å²) in [7, 11) is 0. The van der Waals surface area contributed by atoms with Gasteiger partial charge in [-0.25, -0.2) is 9.37 Å². The van der Waals surface area contributed by atoms with Crippen LogP contribution in [-0.2, 0) is 0 Å². The minimum atomic E-state index is -1.08. The number of aliphatic hydroxyl groups excluding tert-OH is 2. The van der Waals surface area contributed by atoms with Crippen molar-refractivity contribution in [3.63, 3.8) is 0 Å². The summed E-state index contributed by atoms with van der Waals surface area (Å²) in [5.74, 6) is -0.334. The molecule has 0 amide bonds. The Balaban J connectivity index is 2.22. The third-order valence-electron chi connectivity index (χ3n) is 3.33. The number of benzene rings is 1. The standard InChI is InChI=1S/C15H12ClFN2O2/c16-15-5-8(10(6-18-15)14(21)7-20)13-4-9-11(17)2-1-3-12(9)19-13/h1-6,14,19-21H,7H2. The molecular weight excluding hydrogens is 295 g/mol. The Morgan fingerprint density at radius 3 is 2.86 bits per heavy atom. The molecule has 0 radical (unpaired) electrons. The normalized spacial score (nSPS) is 12.8. The quantitative estimate of drug-likeness (QED) is 0.651. The second kappa shape index (κ2) is 5.44. The van der Waals surface area contributed by atoms with Gasteiger partial charge in [0.2, 0.25) is 0 Å². The van der Waals surface area contributed by atoms with Gasteiger partial charge in [-0.2, -0.15) is 0 Å². The third kappa shape index (κ3) is 2.51. The van der Waals surface area contributed by atoms with Gasteiger partial charge in [0.05, 0.1) is 6.61 Å². The zero-order valence-electron chi connectivity index (χ0n) is 10.8. The summed E-state index contributed by atoms with van der Waals surface area (Å²) in [6.45, 7) is -0.440. The molecular formula is C15H12ClFN2O2. The number of halogens is 2. The number of hydrogen-bond acceptors (Lipinski definition) is 3. The monoisotopic (exact) mass is 306 g/mol. The number of aliphatic hydroxyl groups is 2. The van der Waals surface area contributed by atoms with Gasteiger partial charge in [-0.1, -0.05) is 17.7 Å². The molecule has 0 saturated heterocycles. The summed E-state index contributed by atoms with van der Waals surface area (Å²) >= 11 is 5.90. The molecule has 0 fully saturated rings. The largest absolute Gasteiger partial charge is 0.393 e. The topological polar surface area (TPSA) is 69.1 Å². The summed E-state index contributed by atoms with van der Waals surface area (Å²) in [6, 6.07) is 7.96. The van der Waals surface area contributed by atoms with Crippen LogP contribution >= 0.6 is 11.6 Å². The van der Waals surface area contributed by atoms with Crippen molar-refractivity contribution in [3.8, 4) is 11.3 Å². The summed E-state index contributed by atoms with van der Waals surface area (Å²) < 4.78 is 13.8. The lowest BCUT2D eigenvalue weighted by Gasteiger charge is -2.12. The fourth-order valence-electron chi connectivity index (χ4n) is 2.30. The van der Waals surface area contributed by atoms with Crippen LogP contribution in [0.15, 0.2) is 36.5 Å². The zero-order valence-corrected chi connectivity index (χ0v) is 11.6. The highest BCUT2D eigenvalue weighted by molar-refractivity contribution is 6.29. The summed E-state index contributed by atoms with van der Waals surface area (Å²) in [5.41, 5.74) is 2.24. The molecule has 0 saturated carbocycles. The van der Waals surface area contributed by atoms with Crippen molar-refractivity contribution in [1.29, 1.82) is 0 Å². The van der Waals surface area contributed by atoms with E-state index < -0.39 is 12.7 Å². The third-order valence-corrected chi connectivity index (χ3v) is 3.54. The Bertz CT molecular complexity index is 803. The van der Waals surface area contributed by atoms with Crippen molar-refractivity contribution in [3.05, 3.63) is 53.1 Å². The molecule has 0 aliphatic heterocycles. The first-order valence-electron chi connectivity index (χ1n) is 6.32. The average molecular weight is 307 g/mol. The van der Waals surface area contributed by atoms with Gasteiger partial charge in [-0.15, -0.1) is 0 Å². The van der Waals surface area contributed by atoms with Crippen LogP contribution in [0, 0.1) is 5.82 Å². The summed E-state index contributed by atoms with van der Waals surface area (Å²) in [4.78, 5) is 6.99. The van der Waals surface area contributed by atoms with Crippen LogP contribution < -0.4 is 0 Å². The molecule has 6 heteroatoms. The first-order chi connectivity index (χ1) is 10.1. The summed E-state index contributed by atoms with van der Waals surface area (Å²) in [6.07, 6.45) is 0.321. The molecule has 3 rings (SSSR count). The predicted molar refractivity (Wildman–Crippen MR) is 78.5 cm³/mol. The number of hydrogen-bond donors (Lipinski definition) is 3. The van der Waals surface area contributed by atoms with E-state index in [2.05, 4.69) is 9.97 Å². The number of fused-ring (bicyclic) bond motifs is 1. The maximum atomic E-state index is 13.8. The maximum absolute atomic E-state index is 13.8. The molecule has 1 unspecified atom stereocenters. The van der Waals surface area contributed by atoms with Crippen LogP contribution in [0.2, 0.25) is 5.15 Å². The van der Waals surface area contributed by atoms with Crippen molar-refractivity contribution in [2.75, 3.05) is 6.61 Å². The average Bonchev–Trinajstić information content (AvgIpc) is 2.92. The van der Waals surface area contributed by atoms with E-state index >= 15 is 0 Å². The lowest BCUT2D eigenvalue weighted by molar-refractivity contribution is 0.0957. The first kappa shape index (κ1) is 14.0. The first-order valence-corrected chi connectivity index (χ1v) is 6.70. The van der Waals surface area contributed by atoms with Gasteiger partial charge >= 0.3 is 0 Å². The number of nitrogens with one attached hydrogen (secondary N) is 1. The molecule has 21 heavy (non-hydrogen) atoms. The fourth-order valence-corrected chi connectivity index (χ4v) is 2.46. The highest BCUT2D eigenvalue weighted by atomic mass is 35.5. The number of H-pyrrole nitrogens is 1. The van der Waals surface area contributed by atoms with E-state index in [0.29, 0.717) is 27.7 Å². The SMILES string of the molecule is OCC(O)c1cnc(Cl)cc1-c1cc2c(F)cccc2[nH]1. The van der Waals surface area contributed by atoms with E-state index in [1.807, 2.05) is 0 Å². The lowest BCUT2D eigenvalue weighted by Crippen LogP contribution is -2.05. The van der Waals surface area contributed by atoms with E-state index in [0.717, 1.165) is 0 Å². The molecule has 3 aromatic rings. The Hall–Kier alpha value is -1.95. The maximum Gasteiger partial charge on any atom is 0.132 e. The molecule has 108 valence electrons. The number of aromatic nitrogens is 2. The molecule has 1 aromatic carbocycles. The van der Waals surface area contributed by atoms with E-state index in [1.165, 1.54) is 12.3 Å². The highest BCUT2D eigenvalue weighted by Gasteiger charge is 2.16. The van der Waals surface area contributed by atoms with Crippen LogP contribution in [0.25, 0.3) is 22.2 Å². The molecule has 0 aliphatic carbocycles. The van der Waals surface area contributed by atoms with Gasteiger partial charge in [0.1, 0.15) is 17.1 Å². The van der Waals surface area contributed by atoms with Crippen LogP contribution in [0.3, 0.4) is 0 Å². The van der Waals surface area contributed by atoms with Crippen LogP contribution in [-0.4, -0.2) is 26.8 Å². The van der Waals surface area contributed by atoms with Crippen molar-refractivity contribution < 1.29 is 14.6 Å². The van der Waals surface area contributed by atoms with Crippen LogP contribution in [0.4, 0.5) is 4.39 Å². The van der Waals surface area contributed by atoms with Crippen LogP contribution in [0.5, 0.6) is 0 Å². The number of pyridine rings is 1. The molecule has 1 atom stereocenters. The predicted octanol–water partition coefficient (Wildman–Crippen LogP) is 3.05. The smallest absolute Gasteiger partial charge is 0.132 e. The number of aromatic amines is 1. The Morgan fingerprint density at radius 2 is 2.14 bits per heavy atom. The van der Waals surface area contributed by atoms with Crippen molar-refractivity contribution >= 4 is 22.5 Å². The van der Waals surface area contributed by atoms with E-state index in [9.17, 15) is 9.50 Å². The molecule has 0 bridgehead atoms.